The van der Waals surface area contributed by atoms with Gasteiger partial charge in [-0.15, -0.1) is 0 Å². The highest BCUT2D eigenvalue weighted by atomic mass is 16.7. The molecule has 0 radical (unpaired) electrons. The molecule has 1 aromatic rings. The molecule has 0 heterocycles. The van der Waals surface area contributed by atoms with Gasteiger partial charge in [-0.05, 0) is 31.9 Å². The van der Waals surface area contributed by atoms with Crippen LogP contribution in [0, 0.1) is 0 Å². The van der Waals surface area contributed by atoms with Crippen LogP contribution in [0.3, 0.4) is 0 Å². The molecular weight excluding hydrogens is 300 g/mol. The molecule has 0 unspecified atom stereocenters. The van der Waals surface area contributed by atoms with E-state index >= 15 is 0 Å². The van der Waals surface area contributed by atoms with Gasteiger partial charge >= 0.3 is 11.9 Å². The van der Waals surface area contributed by atoms with Crippen LogP contribution in [0.25, 0.3) is 0 Å². The summed E-state index contributed by atoms with van der Waals surface area (Å²) in [6.07, 6.45) is 2.78. The lowest BCUT2D eigenvalue weighted by atomic mass is 10.1. The second-order valence-corrected chi connectivity index (χ2v) is 5.00. The fourth-order valence-electron chi connectivity index (χ4n) is 1.84. The van der Waals surface area contributed by atoms with Crippen molar-refractivity contribution >= 4 is 17.7 Å². The first-order valence-electron chi connectivity index (χ1n) is 7.47. The minimum Gasteiger partial charge on any atom is -0.428 e. The van der Waals surface area contributed by atoms with E-state index in [1.54, 1.807) is 19.2 Å². The number of methoxy groups -OCH3 is 1. The highest BCUT2D eigenvalue weighted by molar-refractivity contribution is 5.96. The Bertz CT molecular complexity index is 520. The molecule has 0 aliphatic rings. The zero-order chi connectivity index (χ0) is 17.1. The van der Waals surface area contributed by atoms with Crippen LogP contribution in [0.15, 0.2) is 24.3 Å². The van der Waals surface area contributed by atoms with E-state index in [9.17, 15) is 14.4 Å². The Balaban J connectivity index is 2.23. The standard InChI is InChI=1S/C17H22O6/c1-13(18)14-7-9-15(10-8-14)17(20)23-12-22-16(19)6-4-3-5-11-21-2/h7-10H,3-6,11-12H2,1-2H3. The average molecular weight is 322 g/mol. The quantitative estimate of drug-likeness (QED) is 0.285. The highest BCUT2D eigenvalue weighted by Crippen LogP contribution is 2.07. The van der Waals surface area contributed by atoms with Crippen molar-refractivity contribution in [3.8, 4) is 0 Å². The second-order valence-electron chi connectivity index (χ2n) is 5.00. The van der Waals surface area contributed by atoms with E-state index in [4.69, 9.17) is 14.2 Å². The van der Waals surface area contributed by atoms with Crippen molar-refractivity contribution in [3.63, 3.8) is 0 Å². The largest absolute Gasteiger partial charge is 0.428 e. The van der Waals surface area contributed by atoms with E-state index in [2.05, 4.69) is 0 Å². The van der Waals surface area contributed by atoms with E-state index in [1.807, 2.05) is 0 Å². The van der Waals surface area contributed by atoms with Gasteiger partial charge in [0.05, 0.1) is 5.56 Å². The molecule has 0 N–H and O–H groups in total. The molecule has 126 valence electrons. The van der Waals surface area contributed by atoms with Crippen LogP contribution >= 0.6 is 0 Å². The predicted molar refractivity (Wildman–Crippen MR) is 83.2 cm³/mol. The SMILES string of the molecule is COCCCCCC(=O)OCOC(=O)c1ccc(C(C)=O)cc1. The summed E-state index contributed by atoms with van der Waals surface area (Å²) < 4.78 is 14.6. The number of benzene rings is 1. The minimum absolute atomic E-state index is 0.0793. The van der Waals surface area contributed by atoms with Crippen LogP contribution in [-0.4, -0.2) is 38.2 Å². The Morgan fingerprint density at radius 2 is 1.57 bits per heavy atom. The number of carbonyl (C=O) groups is 3. The lowest BCUT2D eigenvalue weighted by Crippen LogP contribution is -2.13. The maximum Gasteiger partial charge on any atom is 0.340 e. The van der Waals surface area contributed by atoms with Gasteiger partial charge < -0.3 is 14.2 Å². The fraction of sp³-hybridized carbons (Fsp3) is 0.471. The molecule has 0 aliphatic heterocycles. The lowest BCUT2D eigenvalue weighted by Gasteiger charge is -2.06. The van der Waals surface area contributed by atoms with Gasteiger partial charge in [-0.2, -0.15) is 0 Å². The third-order valence-electron chi connectivity index (χ3n) is 3.17. The van der Waals surface area contributed by atoms with Gasteiger partial charge in [-0.3, -0.25) is 9.59 Å². The molecule has 0 aromatic heterocycles. The molecule has 0 atom stereocenters. The Hall–Kier alpha value is -2.21. The Morgan fingerprint density at radius 3 is 2.17 bits per heavy atom. The third kappa shape index (κ3) is 7.56. The number of ketones is 1. The van der Waals surface area contributed by atoms with Gasteiger partial charge in [0.1, 0.15) is 0 Å². The number of carbonyl (C=O) groups excluding carboxylic acids is 3. The fourth-order valence-corrected chi connectivity index (χ4v) is 1.84. The summed E-state index contributed by atoms with van der Waals surface area (Å²) in [5.74, 6) is -1.08. The van der Waals surface area contributed by atoms with E-state index in [0.29, 0.717) is 24.2 Å². The minimum atomic E-state index is -0.604. The molecule has 1 aromatic carbocycles. The zero-order valence-electron chi connectivity index (χ0n) is 13.5. The first-order chi connectivity index (χ1) is 11.0. The van der Waals surface area contributed by atoms with Crippen LogP contribution in [-0.2, 0) is 19.0 Å². The van der Waals surface area contributed by atoms with Gasteiger partial charge in [0.25, 0.3) is 0 Å². The van der Waals surface area contributed by atoms with Gasteiger partial charge in [0, 0.05) is 25.7 Å². The third-order valence-corrected chi connectivity index (χ3v) is 3.17. The number of rotatable bonds is 10. The molecule has 0 fully saturated rings. The molecule has 0 bridgehead atoms. The smallest absolute Gasteiger partial charge is 0.340 e. The van der Waals surface area contributed by atoms with Crippen LogP contribution in [0.1, 0.15) is 53.3 Å². The summed E-state index contributed by atoms with van der Waals surface area (Å²) >= 11 is 0. The molecule has 0 saturated heterocycles. The van der Waals surface area contributed by atoms with Crippen molar-refractivity contribution in [1.82, 2.24) is 0 Å². The summed E-state index contributed by atoms with van der Waals surface area (Å²) in [6.45, 7) is 1.71. The van der Waals surface area contributed by atoms with Crippen LogP contribution in [0.5, 0.6) is 0 Å². The first kappa shape index (κ1) is 18.8. The second kappa shape index (κ2) is 10.5. The number of hydrogen-bond acceptors (Lipinski definition) is 6. The number of hydrogen-bond donors (Lipinski definition) is 0. The Labute approximate surface area is 135 Å². The summed E-state index contributed by atoms with van der Waals surface area (Å²) in [5, 5.41) is 0. The molecule has 0 saturated carbocycles. The van der Waals surface area contributed by atoms with Gasteiger partial charge in [-0.1, -0.05) is 18.6 Å². The maximum absolute atomic E-state index is 11.7. The average Bonchev–Trinajstić information content (AvgIpc) is 2.54. The number of ether oxygens (including phenoxy) is 3. The van der Waals surface area contributed by atoms with Crippen LogP contribution < -0.4 is 0 Å². The van der Waals surface area contributed by atoms with Gasteiger partial charge in [0.2, 0.25) is 6.79 Å². The van der Waals surface area contributed by atoms with Crippen molar-refractivity contribution in [2.24, 2.45) is 0 Å². The first-order valence-corrected chi connectivity index (χ1v) is 7.47. The predicted octanol–water partition coefficient (Wildman–Crippen LogP) is 2.75. The van der Waals surface area contributed by atoms with E-state index in [0.717, 1.165) is 12.8 Å². The van der Waals surface area contributed by atoms with Crippen molar-refractivity contribution in [2.75, 3.05) is 20.5 Å². The van der Waals surface area contributed by atoms with Crippen LogP contribution in [0.2, 0.25) is 0 Å². The summed E-state index contributed by atoms with van der Waals surface area (Å²) in [4.78, 5) is 34.3. The molecule has 6 heteroatoms. The van der Waals surface area contributed by atoms with E-state index < -0.39 is 18.7 Å². The van der Waals surface area contributed by atoms with Crippen molar-refractivity contribution in [1.29, 1.82) is 0 Å². The summed E-state index contributed by atoms with van der Waals surface area (Å²) in [5.41, 5.74) is 0.812. The molecule has 0 amide bonds. The molecule has 1 rings (SSSR count). The van der Waals surface area contributed by atoms with Crippen molar-refractivity contribution in [3.05, 3.63) is 35.4 Å². The number of Topliss-reactive ketones (excluding diaryl/α,β-unsaturated/α-hetero) is 1. The maximum atomic E-state index is 11.7. The zero-order valence-corrected chi connectivity index (χ0v) is 13.5. The summed E-state index contributed by atoms with van der Waals surface area (Å²) in [7, 11) is 1.64. The van der Waals surface area contributed by atoms with Gasteiger partial charge in [-0.25, -0.2) is 4.79 Å². The topological polar surface area (TPSA) is 78.9 Å². The van der Waals surface area contributed by atoms with Gasteiger partial charge in [0.15, 0.2) is 5.78 Å². The molecule has 23 heavy (non-hydrogen) atoms. The molecule has 6 nitrogen and oxygen atoms in total. The number of esters is 2. The highest BCUT2D eigenvalue weighted by Gasteiger charge is 2.09. The normalized spacial score (nSPS) is 10.2. The van der Waals surface area contributed by atoms with E-state index in [1.165, 1.54) is 19.1 Å². The Morgan fingerprint density at radius 1 is 0.913 bits per heavy atom. The molecule has 0 aliphatic carbocycles. The number of unbranched alkanes of at least 4 members (excludes halogenated alkanes) is 2. The molecule has 0 spiro atoms. The summed E-state index contributed by atoms with van der Waals surface area (Å²) in [6, 6.07) is 6.09. The van der Waals surface area contributed by atoms with E-state index in [-0.39, 0.29) is 12.2 Å². The Kier molecular flexibility index (Phi) is 8.60. The monoisotopic (exact) mass is 322 g/mol. The van der Waals surface area contributed by atoms with Crippen LogP contribution in [0.4, 0.5) is 0 Å². The van der Waals surface area contributed by atoms with Crippen molar-refractivity contribution in [2.45, 2.75) is 32.6 Å². The molecular formula is C17H22O6. The lowest BCUT2D eigenvalue weighted by molar-refractivity contribution is -0.152. The van der Waals surface area contributed by atoms with Crippen molar-refractivity contribution < 1.29 is 28.6 Å².